The molecule has 0 saturated carbocycles. The summed E-state index contributed by atoms with van der Waals surface area (Å²) in [6.07, 6.45) is 56.4. The van der Waals surface area contributed by atoms with Gasteiger partial charge in [-0.1, -0.05) is 204 Å². The number of hydrogen-bond donors (Lipinski definition) is 0. The fourth-order valence-corrected chi connectivity index (χ4v) is 6.63. The Bertz CT molecular complexity index is 1070. The number of ether oxygens (including phenoxy) is 3. The lowest BCUT2D eigenvalue weighted by atomic mass is 10.1. The van der Waals surface area contributed by atoms with Gasteiger partial charge in [-0.25, -0.2) is 0 Å². The average molecular weight is 811 g/mol. The van der Waals surface area contributed by atoms with Crippen molar-refractivity contribution in [1.82, 2.24) is 0 Å². The Morgan fingerprint density at radius 1 is 0.362 bits per heavy atom. The molecule has 334 valence electrons. The van der Waals surface area contributed by atoms with Crippen molar-refractivity contribution in [2.45, 2.75) is 239 Å². The molecule has 0 rings (SSSR count). The first-order valence-corrected chi connectivity index (χ1v) is 24.3. The molecule has 58 heavy (non-hydrogen) atoms. The summed E-state index contributed by atoms with van der Waals surface area (Å²) >= 11 is 0. The number of unbranched alkanes of at least 4 members (excludes halogenated alkanes) is 22. The third kappa shape index (κ3) is 44.2. The molecule has 0 saturated heterocycles. The molecule has 0 aliphatic rings. The standard InChI is InChI=1S/C52H90O6/c1-4-7-10-13-16-19-22-24-25-26-28-30-33-36-39-42-45-51(54)57-48-49(47-56-50(53)44-41-38-35-32-29-21-18-15-12-9-6-3)58-52(55)46-43-40-37-34-31-27-23-20-17-14-11-8-5-2/h7,10,16,19,24-25,27,31,37,40,49H,4-6,8-9,11-15,17-18,20-23,26,28-30,32-36,38-39,41-48H2,1-3H3/b10-7-,19-16-,25-24-,31-27-,40-37-. The van der Waals surface area contributed by atoms with Gasteiger partial charge in [0.15, 0.2) is 6.10 Å². The Kier molecular flexibility index (Phi) is 44.5. The summed E-state index contributed by atoms with van der Waals surface area (Å²) in [5.74, 6) is -0.982. The lowest BCUT2D eigenvalue weighted by Crippen LogP contribution is -2.30. The van der Waals surface area contributed by atoms with Crippen LogP contribution in [0, 0.1) is 0 Å². The number of esters is 3. The minimum absolute atomic E-state index is 0.0995. The van der Waals surface area contributed by atoms with Crippen LogP contribution in [0.2, 0.25) is 0 Å². The van der Waals surface area contributed by atoms with Crippen LogP contribution in [0.25, 0.3) is 0 Å². The van der Waals surface area contributed by atoms with Crippen molar-refractivity contribution in [2.24, 2.45) is 0 Å². The lowest BCUT2D eigenvalue weighted by Gasteiger charge is -2.18. The average Bonchev–Trinajstić information content (AvgIpc) is 3.22. The van der Waals surface area contributed by atoms with E-state index in [9.17, 15) is 14.4 Å². The zero-order valence-corrected chi connectivity index (χ0v) is 38.0. The minimum atomic E-state index is -0.806. The summed E-state index contributed by atoms with van der Waals surface area (Å²) in [6.45, 7) is 6.45. The highest BCUT2D eigenvalue weighted by atomic mass is 16.6. The summed E-state index contributed by atoms with van der Waals surface area (Å²) in [5, 5.41) is 0. The first kappa shape index (κ1) is 55.1. The fourth-order valence-electron chi connectivity index (χ4n) is 6.63. The molecule has 0 amide bonds. The monoisotopic (exact) mass is 811 g/mol. The van der Waals surface area contributed by atoms with Crippen LogP contribution < -0.4 is 0 Å². The van der Waals surface area contributed by atoms with E-state index in [4.69, 9.17) is 14.2 Å². The molecule has 0 bridgehead atoms. The predicted octanol–water partition coefficient (Wildman–Crippen LogP) is 15.7. The van der Waals surface area contributed by atoms with Crippen LogP contribution in [-0.2, 0) is 28.6 Å². The molecule has 0 aromatic carbocycles. The zero-order valence-electron chi connectivity index (χ0n) is 38.0. The maximum Gasteiger partial charge on any atom is 0.306 e. The molecule has 1 unspecified atom stereocenters. The maximum atomic E-state index is 12.7. The summed E-state index contributed by atoms with van der Waals surface area (Å²) < 4.78 is 16.7. The predicted molar refractivity (Wildman–Crippen MR) is 247 cm³/mol. The van der Waals surface area contributed by atoms with E-state index in [0.717, 1.165) is 77.0 Å². The van der Waals surface area contributed by atoms with Crippen LogP contribution in [0.15, 0.2) is 60.8 Å². The Hall–Kier alpha value is -2.89. The van der Waals surface area contributed by atoms with Crippen LogP contribution in [0.4, 0.5) is 0 Å². The molecular formula is C52H90O6. The molecule has 0 N–H and O–H groups in total. The van der Waals surface area contributed by atoms with Crippen molar-refractivity contribution in [1.29, 1.82) is 0 Å². The van der Waals surface area contributed by atoms with E-state index < -0.39 is 6.10 Å². The van der Waals surface area contributed by atoms with Gasteiger partial charge in [0, 0.05) is 19.3 Å². The van der Waals surface area contributed by atoms with Crippen LogP contribution in [0.3, 0.4) is 0 Å². The van der Waals surface area contributed by atoms with Crippen molar-refractivity contribution in [3.8, 4) is 0 Å². The topological polar surface area (TPSA) is 78.9 Å². The number of allylic oxidation sites excluding steroid dienone is 10. The van der Waals surface area contributed by atoms with E-state index in [1.54, 1.807) is 0 Å². The smallest absolute Gasteiger partial charge is 0.306 e. The van der Waals surface area contributed by atoms with Crippen LogP contribution in [0.1, 0.15) is 233 Å². The third-order valence-electron chi connectivity index (χ3n) is 10.3. The van der Waals surface area contributed by atoms with E-state index in [2.05, 4.69) is 75.5 Å². The molecule has 0 aliphatic heterocycles. The van der Waals surface area contributed by atoms with Gasteiger partial charge in [-0.3, -0.25) is 14.4 Å². The second-order valence-electron chi connectivity index (χ2n) is 16.0. The van der Waals surface area contributed by atoms with Gasteiger partial charge in [0.25, 0.3) is 0 Å². The quantitative estimate of drug-likeness (QED) is 0.0264. The Balaban J connectivity index is 4.45. The normalized spacial score (nSPS) is 12.5. The molecule has 0 aromatic heterocycles. The molecule has 0 aromatic rings. The molecule has 1 atom stereocenters. The second-order valence-corrected chi connectivity index (χ2v) is 16.0. The Morgan fingerprint density at radius 2 is 0.707 bits per heavy atom. The summed E-state index contributed by atoms with van der Waals surface area (Å²) in [6, 6.07) is 0. The molecule has 6 heteroatoms. The van der Waals surface area contributed by atoms with Gasteiger partial charge in [0.2, 0.25) is 0 Å². The molecule has 0 radical (unpaired) electrons. The van der Waals surface area contributed by atoms with Crippen molar-refractivity contribution in [2.75, 3.05) is 13.2 Å². The van der Waals surface area contributed by atoms with Crippen LogP contribution >= 0.6 is 0 Å². The van der Waals surface area contributed by atoms with E-state index >= 15 is 0 Å². The Morgan fingerprint density at radius 3 is 1.12 bits per heavy atom. The molecular weight excluding hydrogens is 721 g/mol. The minimum Gasteiger partial charge on any atom is -0.462 e. The summed E-state index contributed by atoms with van der Waals surface area (Å²) in [4.78, 5) is 37.8. The van der Waals surface area contributed by atoms with E-state index in [0.29, 0.717) is 19.3 Å². The van der Waals surface area contributed by atoms with Gasteiger partial charge in [-0.2, -0.15) is 0 Å². The molecule has 0 spiro atoms. The molecule has 0 aliphatic carbocycles. The third-order valence-corrected chi connectivity index (χ3v) is 10.3. The molecule has 0 heterocycles. The second kappa shape index (κ2) is 46.8. The van der Waals surface area contributed by atoms with Gasteiger partial charge in [0.05, 0.1) is 0 Å². The highest BCUT2D eigenvalue weighted by Crippen LogP contribution is 2.14. The van der Waals surface area contributed by atoms with Gasteiger partial charge < -0.3 is 14.2 Å². The van der Waals surface area contributed by atoms with Gasteiger partial charge in [-0.05, 0) is 70.6 Å². The summed E-state index contributed by atoms with van der Waals surface area (Å²) in [5.41, 5.74) is 0. The lowest BCUT2D eigenvalue weighted by molar-refractivity contribution is -0.166. The molecule has 0 fully saturated rings. The van der Waals surface area contributed by atoms with E-state index in [-0.39, 0.29) is 37.5 Å². The number of rotatable bonds is 43. The SMILES string of the molecule is CC/C=C\C/C=C\C/C=C\CCCCCCCCC(=O)OCC(COC(=O)CCCCCCCCCCCCC)OC(=O)CC/C=C\C/C=C\CCCCCCCC. The molecule has 6 nitrogen and oxygen atoms in total. The number of carbonyl (C=O) groups excluding carboxylic acids is 3. The first-order valence-electron chi connectivity index (χ1n) is 24.3. The van der Waals surface area contributed by atoms with Gasteiger partial charge >= 0.3 is 17.9 Å². The number of hydrogen-bond acceptors (Lipinski definition) is 6. The first-order chi connectivity index (χ1) is 28.5. The Labute approximate surface area is 358 Å². The summed E-state index contributed by atoms with van der Waals surface area (Å²) in [7, 11) is 0. The zero-order chi connectivity index (χ0) is 42.3. The highest BCUT2D eigenvalue weighted by molar-refractivity contribution is 5.71. The highest BCUT2D eigenvalue weighted by Gasteiger charge is 2.19. The van der Waals surface area contributed by atoms with Crippen LogP contribution in [0.5, 0.6) is 0 Å². The largest absolute Gasteiger partial charge is 0.462 e. The number of carbonyl (C=O) groups is 3. The van der Waals surface area contributed by atoms with E-state index in [1.807, 2.05) is 6.08 Å². The van der Waals surface area contributed by atoms with Gasteiger partial charge in [0.1, 0.15) is 13.2 Å². The van der Waals surface area contributed by atoms with E-state index in [1.165, 1.54) is 109 Å². The van der Waals surface area contributed by atoms with Crippen molar-refractivity contribution >= 4 is 17.9 Å². The maximum absolute atomic E-state index is 12.7. The van der Waals surface area contributed by atoms with Gasteiger partial charge in [-0.15, -0.1) is 0 Å². The van der Waals surface area contributed by atoms with Crippen molar-refractivity contribution < 1.29 is 28.6 Å². The van der Waals surface area contributed by atoms with Crippen molar-refractivity contribution in [3.63, 3.8) is 0 Å². The fraction of sp³-hybridized carbons (Fsp3) is 0.750. The van der Waals surface area contributed by atoms with Crippen LogP contribution in [-0.4, -0.2) is 37.2 Å². The van der Waals surface area contributed by atoms with Crippen molar-refractivity contribution in [3.05, 3.63) is 60.8 Å².